The number of nitrogen functional groups attached to an aromatic ring is 1. The van der Waals surface area contributed by atoms with Crippen LogP contribution in [-0.4, -0.2) is 14.9 Å². The summed E-state index contributed by atoms with van der Waals surface area (Å²) in [4.78, 5) is 17.1. The predicted octanol–water partition coefficient (Wildman–Crippen LogP) is 1.74. The van der Waals surface area contributed by atoms with Crippen molar-refractivity contribution in [3.05, 3.63) is 46.3 Å². The van der Waals surface area contributed by atoms with Crippen LogP contribution in [0.25, 0.3) is 0 Å². The molecule has 0 fully saturated rings. The molecule has 0 saturated carbocycles. The lowest BCUT2D eigenvalue weighted by molar-refractivity contribution is -0.385. The van der Waals surface area contributed by atoms with Crippen molar-refractivity contribution in [1.29, 1.82) is 0 Å². The monoisotopic (exact) mass is 283 g/mol. The fourth-order valence-electron chi connectivity index (χ4n) is 1.37. The standard InChI is InChI=1S/C10H7F2N5O3/c11-5-2-1-3-6(7(5)12)20-10-8(17(18)19)9(16-13)14-4-15-10/h1-4H,13H2,(H,14,15,16). The van der Waals surface area contributed by atoms with Gasteiger partial charge in [0.25, 0.3) is 0 Å². The topological polar surface area (TPSA) is 116 Å². The third kappa shape index (κ3) is 2.44. The number of nitrogens with zero attached hydrogens (tertiary/aromatic N) is 3. The Hall–Kier alpha value is -2.88. The highest BCUT2D eigenvalue weighted by molar-refractivity contribution is 5.61. The summed E-state index contributed by atoms with van der Waals surface area (Å²) in [5.41, 5.74) is 1.29. The van der Waals surface area contributed by atoms with Gasteiger partial charge in [-0.15, -0.1) is 0 Å². The summed E-state index contributed by atoms with van der Waals surface area (Å²) in [6.07, 6.45) is 0.925. The molecule has 0 radical (unpaired) electrons. The van der Waals surface area contributed by atoms with E-state index in [0.717, 1.165) is 18.5 Å². The molecule has 1 aromatic carbocycles. The van der Waals surface area contributed by atoms with Crippen LogP contribution in [0.5, 0.6) is 11.6 Å². The number of hydrazine groups is 1. The van der Waals surface area contributed by atoms with Gasteiger partial charge in [-0.25, -0.2) is 15.2 Å². The molecule has 0 aliphatic carbocycles. The van der Waals surface area contributed by atoms with Gasteiger partial charge in [-0.05, 0) is 12.1 Å². The van der Waals surface area contributed by atoms with Gasteiger partial charge in [0.1, 0.15) is 6.33 Å². The fourth-order valence-corrected chi connectivity index (χ4v) is 1.37. The lowest BCUT2D eigenvalue weighted by Gasteiger charge is -2.07. The van der Waals surface area contributed by atoms with E-state index >= 15 is 0 Å². The van der Waals surface area contributed by atoms with E-state index in [1.807, 2.05) is 5.43 Å². The zero-order valence-corrected chi connectivity index (χ0v) is 9.71. The van der Waals surface area contributed by atoms with Gasteiger partial charge in [0.15, 0.2) is 11.6 Å². The largest absolute Gasteiger partial charge is 0.430 e. The first-order valence-corrected chi connectivity index (χ1v) is 5.12. The smallest absolute Gasteiger partial charge is 0.374 e. The third-order valence-corrected chi connectivity index (χ3v) is 2.23. The second kappa shape index (κ2) is 5.40. The fraction of sp³-hybridized carbons (Fsp3) is 0. The molecule has 0 atom stereocenters. The average Bonchev–Trinajstić information content (AvgIpc) is 2.43. The molecule has 0 saturated heterocycles. The van der Waals surface area contributed by atoms with Crippen LogP contribution in [0.3, 0.4) is 0 Å². The number of ether oxygens (including phenoxy) is 1. The van der Waals surface area contributed by atoms with Gasteiger partial charge in [-0.3, -0.25) is 10.1 Å². The molecule has 3 N–H and O–H groups in total. The molecule has 0 aliphatic heterocycles. The van der Waals surface area contributed by atoms with Gasteiger partial charge in [-0.2, -0.15) is 9.37 Å². The molecule has 2 aromatic rings. The van der Waals surface area contributed by atoms with Crippen molar-refractivity contribution in [1.82, 2.24) is 9.97 Å². The van der Waals surface area contributed by atoms with Crippen molar-refractivity contribution in [3.8, 4) is 11.6 Å². The van der Waals surface area contributed by atoms with Gasteiger partial charge in [-0.1, -0.05) is 6.07 Å². The number of nitrogens with two attached hydrogens (primary N) is 1. The second-order valence-electron chi connectivity index (χ2n) is 3.43. The number of hydrogen-bond acceptors (Lipinski definition) is 7. The number of halogens is 2. The zero-order chi connectivity index (χ0) is 14.7. The average molecular weight is 283 g/mol. The summed E-state index contributed by atoms with van der Waals surface area (Å²) in [5, 5.41) is 10.9. The molecule has 1 heterocycles. The van der Waals surface area contributed by atoms with Gasteiger partial charge >= 0.3 is 11.6 Å². The SMILES string of the molecule is NNc1ncnc(Oc2cccc(F)c2F)c1[N+](=O)[O-]. The predicted molar refractivity (Wildman–Crippen MR) is 62.9 cm³/mol. The molecule has 104 valence electrons. The highest BCUT2D eigenvalue weighted by Gasteiger charge is 2.25. The normalized spacial score (nSPS) is 10.2. The Labute approximate surface area is 110 Å². The lowest BCUT2D eigenvalue weighted by Crippen LogP contribution is -2.12. The van der Waals surface area contributed by atoms with Gasteiger partial charge in [0, 0.05) is 0 Å². The van der Waals surface area contributed by atoms with Crippen molar-refractivity contribution in [2.75, 3.05) is 5.43 Å². The van der Waals surface area contributed by atoms with Crippen LogP contribution >= 0.6 is 0 Å². The maximum absolute atomic E-state index is 13.4. The van der Waals surface area contributed by atoms with Crippen LogP contribution in [0.4, 0.5) is 20.3 Å². The van der Waals surface area contributed by atoms with Crippen LogP contribution in [0.15, 0.2) is 24.5 Å². The number of rotatable bonds is 4. The summed E-state index contributed by atoms with van der Waals surface area (Å²) in [7, 11) is 0. The molecule has 8 nitrogen and oxygen atoms in total. The number of anilines is 1. The Kier molecular flexibility index (Phi) is 3.66. The minimum Gasteiger partial charge on any atom is -0.430 e. The Morgan fingerprint density at radius 1 is 1.35 bits per heavy atom. The Bertz CT molecular complexity index is 667. The maximum Gasteiger partial charge on any atom is 0.374 e. The van der Waals surface area contributed by atoms with E-state index in [4.69, 9.17) is 10.6 Å². The van der Waals surface area contributed by atoms with Crippen LogP contribution in [0.2, 0.25) is 0 Å². The summed E-state index contributed by atoms with van der Waals surface area (Å²) in [6, 6.07) is 3.16. The number of hydrogen-bond donors (Lipinski definition) is 2. The van der Waals surface area contributed by atoms with E-state index in [9.17, 15) is 18.9 Å². The van der Waals surface area contributed by atoms with Crippen LogP contribution in [-0.2, 0) is 0 Å². The molecule has 2 rings (SSSR count). The molecule has 0 amide bonds. The van der Waals surface area contributed by atoms with Crippen LogP contribution < -0.4 is 16.0 Å². The van der Waals surface area contributed by atoms with Crippen molar-refractivity contribution in [2.45, 2.75) is 0 Å². The molecule has 1 aromatic heterocycles. The minimum absolute atomic E-state index is 0.322. The Morgan fingerprint density at radius 3 is 2.75 bits per heavy atom. The highest BCUT2D eigenvalue weighted by Crippen LogP contribution is 2.34. The van der Waals surface area contributed by atoms with Crippen molar-refractivity contribution in [3.63, 3.8) is 0 Å². The van der Waals surface area contributed by atoms with E-state index in [1.54, 1.807) is 0 Å². The molecule has 0 aliphatic rings. The van der Waals surface area contributed by atoms with E-state index in [0.29, 0.717) is 0 Å². The molecular formula is C10H7F2N5O3. The zero-order valence-electron chi connectivity index (χ0n) is 9.71. The van der Waals surface area contributed by atoms with E-state index in [-0.39, 0.29) is 5.82 Å². The summed E-state index contributed by atoms with van der Waals surface area (Å²) in [6.45, 7) is 0. The number of benzene rings is 1. The quantitative estimate of drug-likeness (QED) is 0.498. The number of nitrogens with one attached hydrogen (secondary N) is 1. The van der Waals surface area contributed by atoms with Crippen LogP contribution in [0, 0.1) is 21.7 Å². The first-order chi connectivity index (χ1) is 9.54. The van der Waals surface area contributed by atoms with Crippen molar-refractivity contribution >= 4 is 11.5 Å². The second-order valence-corrected chi connectivity index (χ2v) is 3.43. The Morgan fingerprint density at radius 2 is 2.10 bits per heavy atom. The van der Waals surface area contributed by atoms with Gasteiger partial charge in [0.05, 0.1) is 4.92 Å². The minimum atomic E-state index is -1.29. The lowest BCUT2D eigenvalue weighted by atomic mass is 10.3. The van der Waals surface area contributed by atoms with E-state index in [1.165, 1.54) is 6.07 Å². The molecule has 0 unspecified atom stereocenters. The van der Waals surface area contributed by atoms with Crippen molar-refractivity contribution < 1.29 is 18.4 Å². The maximum atomic E-state index is 13.4. The third-order valence-electron chi connectivity index (χ3n) is 2.23. The summed E-state index contributed by atoms with van der Waals surface area (Å²) in [5.74, 6) is 1.19. The number of nitro groups is 1. The molecule has 20 heavy (non-hydrogen) atoms. The molecular weight excluding hydrogens is 276 g/mol. The van der Waals surface area contributed by atoms with Crippen LogP contribution in [0.1, 0.15) is 0 Å². The highest BCUT2D eigenvalue weighted by atomic mass is 19.2. The molecule has 0 bridgehead atoms. The Balaban J connectivity index is 2.48. The van der Waals surface area contributed by atoms with Gasteiger partial charge in [0.2, 0.25) is 11.6 Å². The van der Waals surface area contributed by atoms with Gasteiger partial charge < -0.3 is 10.2 Å². The van der Waals surface area contributed by atoms with E-state index in [2.05, 4.69) is 9.97 Å². The molecule has 0 spiro atoms. The first kappa shape index (κ1) is 13.5. The summed E-state index contributed by atoms with van der Waals surface area (Å²) >= 11 is 0. The van der Waals surface area contributed by atoms with E-state index < -0.39 is 33.9 Å². The number of aromatic nitrogens is 2. The van der Waals surface area contributed by atoms with Crippen molar-refractivity contribution in [2.24, 2.45) is 5.84 Å². The molecule has 10 heteroatoms. The first-order valence-electron chi connectivity index (χ1n) is 5.12. The summed E-state index contributed by atoms with van der Waals surface area (Å²) < 4.78 is 31.4.